The number of nitrogen functional groups attached to an aromatic ring is 1. The number of nitrogens with zero attached hydrogens (tertiary/aromatic N) is 3. The lowest BCUT2D eigenvalue weighted by Crippen LogP contribution is -2.47. The van der Waals surface area contributed by atoms with Gasteiger partial charge in [0.2, 0.25) is 0 Å². The molecule has 2 aliphatic rings. The van der Waals surface area contributed by atoms with E-state index in [0.717, 1.165) is 37.8 Å². The van der Waals surface area contributed by atoms with E-state index in [4.69, 9.17) is 22.1 Å². The predicted molar refractivity (Wildman–Crippen MR) is 141 cm³/mol. The Morgan fingerprint density at radius 1 is 1.18 bits per heavy atom. The van der Waals surface area contributed by atoms with Crippen LogP contribution in [0.1, 0.15) is 49.4 Å². The van der Waals surface area contributed by atoms with Gasteiger partial charge in [-0.2, -0.15) is 0 Å². The number of rotatable bonds is 10. The van der Waals surface area contributed by atoms with Crippen LogP contribution in [0.3, 0.4) is 0 Å². The first kappa shape index (κ1) is 27.1. The molecule has 1 amide bonds. The number of carbonyl (C=O) groups is 1. The van der Waals surface area contributed by atoms with E-state index in [1.54, 1.807) is 12.1 Å². The van der Waals surface area contributed by atoms with Crippen LogP contribution in [0.15, 0.2) is 12.1 Å². The Morgan fingerprint density at radius 2 is 1.82 bits per heavy atom. The van der Waals surface area contributed by atoms with E-state index in [2.05, 4.69) is 41.0 Å². The van der Waals surface area contributed by atoms with Crippen LogP contribution in [0.2, 0.25) is 5.02 Å². The summed E-state index contributed by atoms with van der Waals surface area (Å²) in [6.07, 6.45) is 5.84. The fourth-order valence-electron chi connectivity index (χ4n) is 5.31. The molecule has 0 radical (unpaired) electrons. The summed E-state index contributed by atoms with van der Waals surface area (Å²) in [6, 6.07) is 3.38. The Balaban J connectivity index is 1.36. The van der Waals surface area contributed by atoms with E-state index >= 15 is 0 Å². The van der Waals surface area contributed by atoms with Gasteiger partial charge >= 0.3 is 0 Å². The maximum atomic E-state index is 12.8. The SMILES string of the molecule is COc1cc(N)c(Cl)cc1C(=O)NC1CCN(CC2CCN(CCC(C)CN(C)C)CC2)CC1. The Kier molecular flexibility index (Phi) is 10.3. The number of hydrogen-bond donors (Lipinski definition) is 2. The molecule has 192 valence electrons. The van der Waals surface area contributed by atoms with Crippen molar-refractivity contribution in [2.45, 2.75) is 45.1 Å². The van der Waals surface area contributed by atoms with Crippen LogP contribution in [0.25, 0.3) is 0 Å². The van der Waals surface area contributed by atoms with E-state index in [0.29, 0.717) is 22.0 Å². The molecule has 3 rings (SSSR count). The molecule has 2 heterocycles. The summed E-state index contributed by atoms with van der Waals surface area (Å²) >= 11 is 6.13. The van der Waals surface area contributed by atoms with E-state index in [1.165, 1.54) is 59.1 Å². The quantitative estimate of drug-likeness (QED) is 0.486. The molecule has 8 heteroatoms. The second kappa shape index (κ2) is 13.0. The average molecular weight is 494 g/mol. The fourth-order valence-corrected chi connectivity index (χ4v) is 5.48. The number of nitrogens with one attached hydrogen (secondary N) is 1. The molecule has 0 aromatic heterocycles. The lowest BCUT2D eigenvalue weighted by Gasteiger charge is -2.38. The van der Waals surface area contributed by atoms with Crippen LogP contribution in [0.4, 0.5) is 5.69 Å². The monoisotopic (exact) mass is 493 g/mol. The van der Waals surface area contributed by atoms with Crippen molar-refractivity contribution >= 4 is 23.2 Å². The molecule has 34 heavy (non-hydrogen) atoms. The van der Waals surface area contributed by atoms with Crippen molar-refractivity contribution < 1.29 is 9.53 Å². The molecule has 0 saturated carbocycles. The van der Waals surface area contributed by atoms with Crippen LogP contribution in [0, 0.1) is 11.8 Å². The number of hydrogen-bond acceptors (Lipinski definition) is 6. The second-order valence-corrected chi connectivity index (χ2v) is 11.0. The first-order valence-electron chi connectivity index (χ1n) is 12.8. The van der Waals surface area contributed by atoms with Crippen LogP contribution >= 0.6 is 11.6 Å². The van der Waals surface area contributed by atoms with Crippen molar-refractivity contribution in [3.05, 3.63) is 22.7 Å². The van der Waals surface area contributed by atoms with Gasteiger partial charge in [0.1, 0.15) is 5.75 Å². The van der Waals surface area contributed by atoms with Gasteiger partial charge in [-0.15, -0.1) is 0 Å². The molecule has 0 bridgehead atoms. The molecule has 7 nitrogen and oxygen atoms in total. The number of methoxy groups -OCH3 is 1. The minimum absolute atomic E-state index is 0.149. The predicted octanol–water partition coefficient (Wildman–Crippen LogP) is 3.42. The zero-order chi connectivity index (χ0) is 24.7. The summed E-state index contributed by atoms with van der Waals surface area (Å²) < 4.78 is 5.33. The highest BCUT2D eigenvalue weighted by atomic mass is 35.5. The standard InChI is InChI=1S/C26H44ClN5O2/c1-19(17-30(2)3)5-10-31-11-6-20(7-12-31)18-32-13-8-21(9-14-32)29-26(33)22-15-23(27)24(28)16-25(22)34-4/h15-16,19-21H,5-14,17-18,28H2,1-4H3,(H,29,33). The third kappa shape index (κ3) is 8.01. The van der Waals surface area contributed by atoms with E-state index in [-0.39, 0.29) is 11.9 Å². The van der Waals surface area contributed by atoms with Gasteiger partial charge in [-0.25, -0.2) is 0 Å². The minimum atomic E-state index is -0.149. The highest BCUT2D eigenvalue weighted by Crippen LogP contribution is 2.29. The second-order valence-electron chi connectivity index (χ2n) is 10.6. The number of amides is 1. The van der Waals surface area contributed by atoms with E-state index in [1.807, 2.05) is 0 Å². The summed E-state index contributed by atoms with van der Waals surface area (Å²) in [5.41, 5.74) is 6.69. The Labute approximate surface area is 210 Å². The zero-order valence-electron chi connectivity index (χ0n) is 21.5. The molecular formula is C26H44ClN5O2. The molecule has 2 saturated heterocycles. The summed E-state index contributed by atoms with van der Waals surface area (Å²) in [4.78, 5) is 20.4. The van der Waals surface area contributed by atoms with Crippen LogP contribution < -0.4 is 15.8 Å². The first-order chi connectivity index (χ1) is 16.2. The van der Waals surface area contributed by atoms with Crippen LogP contribution in [0.5, 0.6) is 5.75 Å². The lowest BCUT2D eigenvalue weighted by atomic mass is 9.94. The van der Waals surface area contributed by atoms with Gasteiger partial charge in [-0.1, -0.05) is 18.5 Å². The zero-order valence-corrected chi connectivity index (χ0v) is 22.2. The van der Waals surface area contributed by atoms with Crippen LogP contribution in [-0.2, 0) is 0 Å². The molecule has 1 unspecified atom stereocenters. The van der Waals surface area contributed by atoms with Crippen molar-refractivity contribution in [3.63, 3.8) is 0 Å². The summed E-state index contributed by atoms with van der Waals surface area (Å²) in [7, 11) is 5.85. The van der Waals surface area contributed by atoms with Gasteiger partial charge in [0.15, 0.2) is 0 Å². The van der Waals surface area contributed by atoms with Crippen molar-refractivity contribution in [1.82, 2.24) is 20.0 Å². The molecule has 1 aromatic carbocycles. The Bertz CT molecular complexity index is 790. The van der Waals surface area contributed by atoms with Gasteiger partial charge in [0.05, 0.1) is 23.4 Å². The van der Waals surface area contributed by atoms with Gasteiger partial charge in [-0.3, -0.25) is 4.79 Å². The summed E-state index contributed by atoms with van der Waals surface area (Å²) in [5.74, 6) is 1.86. The molecule has 0 spiro atoms. The number of ether oxygens (including phenoxy) is 1. The maximum Gasteiger partial charge on any atom is 0.255 e. The smallest absolute Gasteiger partial charge is 0.255 e. The number of piperidine rings is 2. The molecule has 0 aliphatic carbocycles. The third-order valence-corrected chi connectivity index (χ3v) is 7.65. The molecule has 1 atom stereocenters. The molecule has 3 N–H and O–H groups in total. The van der Waals surface area contributed by atoms with Gasteiger partial charge in [0.25, 0.3) is 5.91 Å². The van der Waals surface area contributed by atoms with Gasteiger partial charge in [-0.05, 0) is 83.7 Å². The number of nitrogens with two attached hydrogens (primary N) is 1. The topological polar surface area (TPSA) is 74.1 Å². The van der Waals surface area contributed by atoms with Crippen molar-refractivity contribution in [3.8, 4) is 5.75 Å². The molecule has 2 fully saturated rings. The molecule has 2 aliphatic heterocycles. The first-order valence-corrected chi connectivity index (χ1v) is 13.2. The number of anilines is 1. The minimum Gasteiger partial charge on any atom is -0.496 e. The van der Waals surface area contributed by atoms with Crippen molar-refractivity contribution in [1.29, 1.82) is 0 Å². The lowest BCUT2D eigenvalue weighted by molar-refractivity contribution is 0.0886. The average Bonchev–Trinajstić information content (AvgIpc) is 2.81. The normalized spacial score (nSPS) is 19.9. The molecular weight excluding hydrogens is 450 g/mol. The summed E-state index contributed by atoms with van der Waals surface area (Å²) in [6.45, 7) is 10.5. The van der Waals surface area contributed by atoms with Gasteiger partial charge in [0, 0.05) is 38.3 Å². The maximum absolute atomic E-state index is 12.8. The fraction of sp³-hybridized carbons (Fsp3) is 0.731. The van der Waals surface area contributed by atoms with Crippen molar-refractivity contribution in [2.75, 3.05) is 72.8 Å². The number of halogens is 1. The highest BCUT2D eigenvalue weighted by Gasteiger charge is 2.26. The number of carbonyl (C=O) groups excluding carboxylic acids is 1. The van der Waals surface area contributed by atoms with Gasteiger partial charge < -0.3 is 30.5 Å². The third-order valence-electron chi connectivity index (χ3n) is 7.32. The Hall–Kier alpha value is -1.54. The van der Waals surface area contributed by atoms with Crippen LogP contribution in [-0.4, -0.2) is 93.7 Å². The largest absolute Gasteiger partial charge is 0.496 e. The van der Waals surface area contributed by atoms with E-state index < -0.39 is 0 Å². The van der Waals surface area contributed by atoms with Crippen molar-refractivity contribution in [2.24, 2.45) is 11.8 Å². The number of likely N-dealkylation sites (tertiary alicyclic amines) is 2. The Morgan fingerprint density at radius 3 is 2.44 bits per heavy atom. The van der Waals surface area contributed by atoms with E-state index in [9.17, 15) is 4.79 Å². The summed E-state index contributed by atoms with van der Waals surface area (Å²) in [5, 5.41) is 3.54. The molecule has 1 aromatic rings. The number of benzene rings is 1. The highest BCUT2D eigenvalue weighted by molar-refractivity contribution is 6.33.